The van der Waals surface area contributed by atoms with Gasteiger partial charge in [-0.2, -0.15) is 0 Å². The van der Waals surface area contributed by atoms with Crippen LogP contribution < -0.4 is 10.9 Å². The Morgan fingerprint density at radius 1 is 0.442 bits per heavy atom. The minimum absolute atomic E-state index is 0.101. The Hall–Kier alpha value is -4.84. The Morgan fingerprint density at radius 3 is 1.29 bits per heavy atom. The maximum absolute atomic E-state index is 12.3. The molecule has 0 amide bonds. The van der Waals surface area contributed by atoms with E-state index in [-0.39, 0.29) is 5.56 Å². The molecule has 0 spiro atoms. The number of allylic oxidation sites excluding steroid dienone is 20. The lowest BCUT2D eigenvalue weighted by Crippen LogP contribution is -2.41. The van der Waals surface area contributed by atoms with Crippen molar-refractivity contribution in [1.82, 2.24) is 0 Å². The molecule has 1 aromatic rings. The van der Waals surface area contributed by atoms with Gasteiger partial charge in [-0.25, -0.2) is 19.4 Å². The Bertz CT molecular complexity index is 1530. The van der Waals surface area contributed by atoms with Crippen LogP contribution in [0.15, 0.2) is 137 Å². The summed E-state index contributed by atoms with van der Waals surface area (Å²) in [5, 5.41) is 0. The molecule has 1 rings (SSSR count). The van der Waals surface area contributed by atoms with Crippen LogP contribution in [-0.2, 0) is 14.6 Å². The summed E-state index contributed by atoms with van der Waals surface area (Å²) < 4.78 is 0. The lowest BCUT2D eigenvalue weighted by molar-refractivity contribution is -0.228. The first-order valence-electron chi connectivity index (χ1n) is 19.1. The molecule has 0 heterocycles. The van der Waals surface area contributed by atoms with E-state index in [1.165, 1.54) is 108 Å². The van der Waals surface area contributed by atoms with Crippen molar-refractivity contribution in [3.8, 4) is 0 Å². The van der Waals surface area contributed by atoms with Gasteiger partial charge in [0.15, 0.2) is 0 Å². The van der Waals surface area contributed by atoms with Crippen molar-refractivity contribution in [2.75, 3.05) is 0 Å². The number of carbonyl (C=O) groups excluding carboxylic acids is 2. The number of carbonyl (C=O) groups is 2. The summed E-state index contributed by atoms with van der Waals surface area (Å²) in [7, 11) is 0. The van der Waals surface area contributed by atoms with Gasteiger partial charge in [0.1, 0.15) is 5.56 Å². The Labute approximate surface area is 312 Å². The highest BCUT2D eigenvalue weighted by Crippen LogP contribution is 2.10. The molecular weight excluding hydrogens is 649 g/mol. The Kier molecular flexibility index (Phi) is 28.9. The molecule has 0 bridgehead atoms. The lowest BCUT2D eigenvalue weighted by atomic mass is 10.0. The number of unbranched alkanes of at least 4 members (excludes halogenated alkanes) is 14. The van der Waals surface area contributed by atoms with Crippen LogP contribution in [0, 0.1) is 0 Å². The molecule has 0 fully saturated rings. The van der Waals surface area contributed by atoms with Gasteiger partial charge >= 0.3 is 11.9 Å². The molecule has 280 valence electrons. The van der Waals surface area contributed by atoms with Gasteiger partial charge in [0.05, 0.1) is 0 Å². The van der Waals surface area contributed by atoms with Gasteiger partial charge in [0, 0.05) is 11.6 Å². The van der Waals surface area contributed by atoms with E-state index < -0.39 is 28.4 Å². The predicted octanol–water partition coefficient (Wildman–Crippen LogP) is 11.8. The lowest BCUT2D eigenvalue weighted by Gasteiger charge is -2.05. The van der Waals surface area contributed by atoms with Gasteiger partial charge < -0.3 is 0 Å². The van der Waals surface area contributed by atoms with Crippen molar-refractivity contribution in [2.24, 2.45) is 0 Å². The molecule has 6 heteroatoms. The van der Waals surface area contributed by atoms with Crippen molar-refractivity contribution >= 4 is 18.0 Å². The van der Waals surface area contributed by atoms with E-state index in [4.69, 9.17) is 0 Å². The molecule has 1 aromatic carbocycles. The minimum Gasteiger partial charge on any atom is -0.285 e. The molecule has 6 nitrogen and oxygen atoms in total. The first-order chi connectivity index (χ1) is 25.5. The van der Waals surface area contributed by atoms with E-state index in [1.54, 1.807) is 30.4 Å². The predicted molar refractivity (Wildman–Crippen MR) is 219 cm³/mol. The fraction of sp³-hybridized carbons (Fsp3) is 0.391. The van der Waals surface area contributed by atoms with E-state index in [9.17, 15) is 19.2 Å². The van der Waals surface area contributed by atoms with Crippen molar-refractivity contribution in [2.45, 2.75) is 117 Å². The summed E-state index contributed by atoms with van der Waals surface area (Å²) in [5.41, 5.74) is -2.35. The van der Waals surface area contributed by atoms with Crippen molar-refractivity contribution < 1.29 is 19.4 Å². The Balaban J connectivity index is 2.30. The first-order valence-corrected chi connectivity index (χ1v) is 19.1. The average molecular weight is 709 g/mol. The fourth-order valence-corrected chi connectivity index (χ4v) is 4.89. The SMILES string of the molecule is CCCCCCCCC/C=C/C=C/C=C/C=C/C=C/C=C/C(=O)OOC(=O)c1c(/C=C/C=C/C=C/C=C/C=C/CCCCCCCCC)c(=O)c1=O. The maximum Gasteiger partial charge on any atom is 0.391 e. The highest BCUT2D eigenvalue weighted by molar-refractivity contribution is 5.95. The number of hydrogen-bond acceptors (Lipinski definition) is 6. The van der Waals surface area contributed by atoms with Gasteiger partial charge in [-0.1, -0.05) is 212 Å². The minimum atomic E-state index is -1.21. The molecule has 0 aliphatic rings. The zero-order valence-electron chi connectivity index (χ0n) is 31.5. The topological polar surface area (TPSA) is 86.7 Å². The van der Waals surface area contributed by atoms with Crippen molar-refractivity contribution in [3.05, 3.63) is 159 Å². The summed E-state index contributed by atoms with van der Waals surface area (Å²) in [6, 6.07) is 0. The highest BCUT2D eigenvalue weighted by atomic mass is 17.2. The van der Waals surface area contributed by atoms with Crippen LogP contribution >= 0.6 is 0 Å². The van der Waals surface area contributed by atoms with Crippen molar-refractivity contribution in [3.63, 3.8) is 0 Å². The largest absolute Gasteiger partial charge is 0.391 e. The number of rotatable bonds is 28. The molecule has 0 aliphatic heterocycles. The average Bonchev–Trinajstić information content (AvgIpc) is 3.15. The number of hydrogen-bond donors (Lipinski definition) is 0. The molecule has 0 aromatic heterocycles. The third-order valence-electron chi connectivity index (χ3n) is 7.84. The smallest absolute Gasteiger partial charge is 0.285 e. The summed E-state index contributed by atoms with van der Waals surface area (Å²) in [4.78, 5) is 57.0. The summed E-state index contributed by atoms with van der Waals surface area (Å²) in [5.74, 6) is -2.15. The molecule has 0 aliphatic carbocycles. The van der Waals surface area contributed by atoms with Gasteiger partial charge in [-0.3, -0.25) is 9.59 Å². The summed E-state index contributed by atoms with van der Waals surface area (Å²) in [6.45, 7) is 4.48. The standard InChI is InChI=1S/C46H60O6/c1-3-5-7-9-11-13-15-17-19-21-22-24-26-28-30-32-34-36-38-40-42(47)51-52-46(50)43-41(44(48)45(43)49)39-37-35-33-31-29-27-25-23-20-18-16-14-12-10-8-6-4-2/h19-40H,3-18H2,1-2H3/b21-19+,23-20+,24-22+,27-25+,28-26+,31-29+,32-30+,35-33+,36-34+,39-37+,40-38+. The van der Waals surface area contributed by atoms with Crippen LogP contribution in [0.25, 0.3) is 6.08 Å². The van der Waals surface area contributed by atoms with Crippen molar-refractivity contribution in [1.29, 1.82) is 0 Å². The van der Waals surface area contributed by atoms with Gasteiger partial charge in [-0.15, -0.1) is 0 Å². The first kappa shape index (κ1) is 45.2. The van der Waals surface area contributed by atoms with Gasteiger partial charge in [0.2, 0.25) is 10.9 Å². The van der Waals surface area contributed by atoms with E-state index in [0.717, 1.165) is 18.9 Å². The van der Waals surface area contributed by atoms with Crippen LogP contribution in [0.3, 0.4) is 0 Å². The van der Waals surface area contributed by atoms with Crippen LogP contribution in [0.5, 0.6) is 0 Å². The molecule has 0 atom stereocenters. The molecule has 0 saturated carbocycles. The quantitative estimate of drug-likeness (QED) is 0.0215. The van der Waals surface area contributed by atoms with Gasteiger partial charge in [-0.05, 0) is 31.8 Å². The normalized spacial score (nSPS) is 13.1. The molecular formula is C46H60O6. The van der Waals surface area contributed by atoms with Crippen LogP contribution in [-0.4, -0.2) is 11.9 Å². The summed E-state index contributed by atoms with van der Waals surface area (Å²) in [6.07, 6.45) is 60.1. The van der Waals surface area contributed by atoms with E-state index in [0.29, 0.717) is 0 Å². The molecule has 0 radical (unpaired) electrons. The van der Waals surface area contributed by atoms with E-state index >= 15 is 0 Å². The second-order valence-electron chi connectivity index (χ2n) is 12.3. The fourth-order valence-electron chi connectivity index (χ4n) is 4.89. The highest BCUT2D eigenvalue weighted by Gasteiger charge is 2.27. The zero-order valence-corrected chi connectivity index (χ0v) is 31.5. The second kappa shape index (κ2) is 33.3. The third-order valence-corrected chi connectivity index (χ3v) is 7.84. The van der Waals surface area contributed by atoms with E-state index in [2.05, 4.69) is 41.9 Å². The summed E-state index contributed by atoms with van der Waals surface area (Å²) >= 11 is 0. The van der Waals surface area contributed by atoms with E-state index in [1.807, 2.05) is 60.8 Å². The Morgan fingerprint density at radius 2 is 0.827 bits per heavy atom. The van der Waals surface area contributed by atoms with Crippen LogP contribution in [0.2, 0.25) is 0 Å². The zero-order chi connectivity index (χ0) is 37.7. The molecule has 52 heavy (non-hydrogen) atoms. The molecule has 0 saturated heterocycles. The molecule has 0 N–H and O–H groups in total. The maximum atomic E-state index is 12.3. The monoisotopic (exact) mass is 708 g/mol. The van der Waals surface area contributed by atoms with Crippen LogP contribution in [0.1, 0.15) is 133 Å². The second-order valence-corrected chi connectivity index (χ2v) is 12.3. The van der Waals surface area contributed by atoms with Gasteiger partial charge in [0.25, 0.3) is 0 Å². The van der Waals surface area contributed by atoms with Crippen LogP contribution in [0.4, 0.5) is 0 Å². The molecule has 0 unspecified atom stereocenters. The third kappa shape index (κ3) is 24.3.